The number of benzene rings is 2. The summed E-state index contributed by atoms with van der Waals surface area (Å²) in [6.45, 7) is 5.97. The predicted molar refractivity (Wildman–Crippen MR) is 133 cm³/mol. The summed E-state index contributed by atoms with van der Waals surface area (Å²) < 4.78 is 7.34. The number of nitrogens with zero attached hydrogens (tertiary/aromatic N) is 4. The van der Waals surface area contributed by atoms with Crippen LogP contribution in [0.25, 0.3) is 16.6 Å². The van der Waals surface area contributed by atoms with Crippen LogP contribution in [0, 0.1) is 6.92 Å². The third-order valence-electron chi connectivity index (χ3n) is 5.88. The molecule has 0 unspecified atom stereocenters. The summed E-state index contributed by atoms with van der Waals surface area (Å²) in [5, 5.41) is 10.2. The Balaban J connectivity index is 1.36. The van der Waals surface area contributed by atoms with Crippen molar-refractivity contribution in [3.8, 4) is 11.1 Å². The molecule has 2 aromatic heterocycles. The summed E-state index contributed by atoms with van der Waals surface area (Å²) in [4.78, 5) is 18.9. The Morgan fingerprint density at radius 1 is 1.06 bits per heavy atom. The number of rotatable bonds is 5. The molecule has 1 aliphatic rings. The fraction of sp³-hybridized carbons (Fsp3) is 0.240. The van der Waals surface area contributed by atoms with Crippen molar-refractivity contribution in [2.24, 2.45) is 0 Å². The molecule has 174 valence electrons. The van der Waals surface area contributed by atoms with Gasteiger partial charge in [-0.05, 0) is 48.4 Å². The number of anilines is 3. The Morgan fingerprint density at radius 2 is 1.82 bits per heavy atom. The van der Waals surface area contributed by atoms with E-state index in [2.05, 4.69) is 31.7 Å². The molecule has 4 aromatic rings. The highest BCUT2D eigenvalue weighted by molar-refractivity contribution is 6.00. The number of amides is 2. The van der Waals surface area contributed by atoms with E-state index < -0.39 is 0 Å². The Bertz CT molecular complexity index is 1310. The van der Waals surface area contributed by atoms with Crippen LogP contribution in [-0.2, 0) is 11.3 Å². The van der Waals surface area contributed by atoms with E-state index in [1.807, 2.05) is 60.0 Å². The van der Waals surface area contributed by atoms with Crippen molar-refractivity contribution in [1.82, 2.24) is 19.5 Å². The topological polar surface area (TPSA) is 110 Å². The lowest BCUT2D eigenvalue weighted by Gasteiger charge is -2.26. The van der Waals surface area contributed by atoms with Crippen LogP contribution in [0.3, 0.4) is 0 Å². The number of aromatic nitrogens is 3. The summed E-state index contributed by atoms with van der Waals surface area (Å²) >= 11 is 0. The molecule has 0 bridgehead atoms. The van der Waals surface area contributed by atoms with Gasteiger partial charge in [-0.15, -0.1) is 0 Å². The molecule has 4 N–H and O–H groups in total. The molecule has 1 fully saturated rings. The van der Waals surface area contributed by atoms with Crippen LogP contribution >= 0.6 is 0 Å². The zero-order chi connectivity index (χ0) is 23.5. The molecule has 2 amide bonds. The van der Waals surface area contributed by atoms with Gasteiger partial charge >= 0.3 is 6.03 Å². The fourth-order valence-corrected chi connectivity index (χ4v) is 4.20. The van der Waals surface area contributed by atoms with E-state index in [9.17, 15) is 4.79 Å². The van der Waals surface area contributed by atoms with Crippen LogP contribution in [0.4, 0.5) is 22.0 Å². The first-order valence-corrected chi connectivity index (χ1v) is 11.2. The second kappa shape index (κ2) is 9.50. The van der Waals surface area contributed by atoms with Crippen LogP contribution in [-0.4, -0.2) is 51.8 Å². The van der Waals surface area contributed by atoms with E-state index in [0.29, 0.717) is 11.5 Å². The summed E-state index contributed by atoms with van der Waals surface area (Å²) in [5.74, 6) is 0.429. The summed E-state index contributed by atoms with van der Waals surface area (Å²) in [7, 11) is 0. The Kier molecular flexibility index (Phi) is 6.11. The van der Waals surface area contributed by atoms with Crippen LogP contribution in [0.5, 0.6) is 0 Å². The molecule has 9 heteroatoms. The van der Waals surface area contributed by atoms with Gasteiger partial charge in [-0.3, -0.25) is 4.90 Å². The number of aryl methyl sites for hydroxylation is 1. The van der Waals surface area contributed by atoms with Gasteiger partial charge < -0.3 is 21.1 Å². The van der Waals surface area contributed by atoms with Crippen molar-refractivity contribution in [2.75, 3.05) is 42.7 Å². The van der Waals surface area contributed by atoms with Crippen molar-refractivity contribution in [1.29, 1.82) is 0 Å². The molecule has 3 heterocycles. The molecule has 1 saturated heterocycles. The highest BCUT2D eigenvalue weighted by Crippen LogP contribution is 2.31. The van der Waals surface area contributed by atoms with Crippen molar-refractivity contribution < 1.29 is 9.53 Å². The fourth-order valence-electron chi connectivity index (χ4n) is 4.20. The van der Waals surface area contributed by atoms with Crippen LogP contribution in [0.15, 0.2) is 60.9 Å². The van der Waals surface area contributed by atoms with E-state index in [1.165, 1.54) is 6.33 Å². The number of fused-ring (bicyclic) bond motifs is 1. The lowest BCUT2D eigenvalue weighted by atomic mass is 10.1. The quantitative estimate of drug-likeness (QED) is 0.421. The first kappa shape index (κ1) is 21.9. The van der Waals surface area contributed by atoms with Gasteiger partial charge in [-0.1, -0.05) is 24.3 Å². The highest BCUT2D eigenvalue weighted by atomic mass is 16.5. The molecule has 34 heavy (non-hydrogen) atoms. The summed E-state index contributed by atoms with van der Waals surface area (Å²) in [6.07, 6.45) is 1.48. The molecular formula is C25H27N7O2. The molecular weight excluding hydrogens is 430 g/mol. The van der Waals surface area contributed by atoms with Gasteiger partial charge in [0.15, 0.2) is 5.82 Å². The van der Waals surface area contributed by atoms with E-state index in [1.54, 1.807) is 0 Å². The second-order valence-corrected chi connectivity index (χ2v) is 8.37. The smallest absolute Gasteiger partial charge is 0.323 e. The molecule has 2 aromatic carbocycles. The maximum atomic E-state index is 12.4. The molecule has 5 rings (SSSR count). The Labute approximate surface area is 197 Å². The normalized spacial score (nSPS) is 14.3. The monoisotopic (exact) mass is 457 g/mol. The van der Waals surface area contributed by atoms with Crippen molar-refractivity contribution in [3.05, 3.63) is 72.2 Å². The number of hydrogen-bond acceptors (Lipinski definition) is 6. The van der Waals surface area contributed by atoms with Crippen LogP contribution in [0.2, 0.25) is 0 Å². The zero-order valence-corrected chi connectivity index (χ0v) is 19.0. The minimum Gasteiger partial charge on any atom is -0.382 e. The second-order valence-electron chi connectivity index (χ2n) is 8.37. The number of nitrogens with one attached hydrogen (secondary N) is 2. The number of carbonyl (C=O) groups excluding carboxylic acids is 1. The summed E-state index contributed by atoms with van der Waals surface area (Å²) in [5.41, 5.74) is 12.5. The van der Waals surface area contributed by atoms with Gasteiger partial charge in [0.2, 0.25) is 0 Å². The predicted octanol–water partition coefficient (Wildman–Crippen LogP) is 3.76. The number of hydrogen-bond donors (Lipinski definition) is 3. The zero-order valence-electron chi connectivity index (χ0n) is 19.0. The number of nitrogen functional groups attached to an aromatic ring is 1. The third kappa shape index (κ3) is 4.70. The average Bonchev–Trinajstić information content (AvgIpc) is 3.20. The maximum absolute atomic E-state index is 12.4. The average molecular weight is 458 g/mol. The van der Waals surface area contributed by atoms with Crippen molar-refractivity contribution in [2.45, 2.75) is 13.5 Å². The van der Waals surface area contributed by atoms with Gasteiger partial charge in [0.05, 0.1) is 18.9 Å². The van der Waals surface area contributed by atoms with E-state index >= 15 is 0 Å². The Hall–Kier alpha value is -3.95. The number of urea groups is 1. The van der Waals surface area contributed by atoms with E-state index in [-0.39, 0.29) is 6.03 Å². The SMILES string of the molecule is Cc1cccc(NC(=O)Nc2ccc(-c3cc(CN4CCOCC4)n4ncnc(N)c34)cc2)c1. The maximum Gasteiger partial charge on any atom is 0.323 e. The lowest BCUT2D eigenvalue weighted by molar-refractivity contribution is 0.0334. The Morgan fingerprint density at radius 3 is 2.59 bits per heavy atom. The number of morpholine rings is 1. The molecule has 1 aliphatic heterocycles. The highest BCUT2D eigenvalue weighted by Gasteiger charge is 2.18. The number of carbonyl (C=O) groups is 1. The standard InChI is InChI=1S/C25H27N7O2/c1-17-3-2-4-20(13-17)30-25(33)29-19-7-5-18(6-8-19)22-14-21(15-31-9-11-34-12-10-31)32-23(22)24(26)27-16-28-32/h2-8,13-14,16H,9-12,15H2,1H3,(H2,26,27,28)(H2,29,30,33). The largest absolute Gasteiger partial charge is 0.382 e. The molecule has 0 radical (unpaired) electrons. The van der Waals surface area contributed by atoms with Crippen molar-refractivity contribution >= 4 is 28.7 Å². The molecule has 9 nitrogen and oxygen atoms in total. The first-order chi connectivity index (χ1) is 16.6. The first-order valence-electron chi connectivity index (χ1n) is 11.2. The van der Waals surface area contributed by atoms with Gasteiger partial charge in [0, 0.05) is 36.6 Å². The van der Waals surface area contributed by atoms with Crippen molar-refractivity contribution in [3.63, 3.8) is 0 Å². The van der Waals surface area contributed by atoms with Gasteiger partial charge in [0.1, 0.15) is 11.8 Å². The summed E-state index contributed by atoms with van der Waals surface area (Å²) in [6, 6.07) is 17.2. The van der Waals surface area contributed by atoms with Gasteiger partial charge in [0.25, 0.3) is 0 Å². The van der Waals surface area contributed by atoms with Gasteiger partial charge in [-0.25, -0.2) is 14.3 Å². The molecule has 0 aliphatic carbocycles. The number of ether oxygens (including phenoxy) is 1. The lowest BCUT2D eigenvalue weighted by Crippen LogP contribution is -2.36. The third-order valence-corrected chi connectivity index (χ3v) is 5.88. The molecule has 0 saturated carbocycles. The molecule has 0 spiro atoms. The van der Waals surface area contributed by atoms with Crippen LogP contribution < -0.4 is 16.4 Å². The minimum absolute atomic E-state index is 0.293. The van der Waals surface area contributed by atoms with E-state index in [4.69, 9.17) is 10.5 Å². The van der Waals surface area contributed by atoms with Gasteiger partial charge in [-0.2, -0.15) is 5.10 Å². The number of nitrogens with two attached hydrogens (primary N) is 1. The minimum atomic E-state index is -0.293. The van der Waals surface area contributed by atoms with Crippen LogP contribution in [0.1, 0.15) is 11.3 Å². The van der Waals surface area contributed by atoms with E-state index in [0.717, 1.165) is 66.4 Å². The molecule has 0 atom stereocenters.